The summed E-state index contributed by atoms with van der Waals surface area (Å²) in [7, 11) is -2.31. The number of hydrogen-bond acceptors (Lipinski definition) is 4. The summed E-state index contributed by atoms with van der Waals surface area (Å²) in [5.41, 5.74) is 3.13. The molecule has 0 saturated carbocycles. The highest BCUT2D eigenvalue weighted by Gasteiger charge is 2.31. The van der Waals surface area contributed by atoms with Gasteiger partial charge in [0, 0.05) is 23.2 Å². The highest BCUT2D eigenvalue weighted by atomic mass is 35.5. The van der Waals surface area contributed by atoms with Gasteiger partial charge in [0.2, 0.25) is 0 Å². The second-order valence-corrected chi connectivity index (χ2v) is 9.51. The smallest absolute Gasteiger partial charge is 0.264 e. The molecule has 3 aromatic rings. The van der Waals surface area contributed by atoms with Crippen LogP contribution >= 0.6 is 11.6 Å². The molecule has 3 aromatic carbocycles. The topological polar surface area (TPSA) is 75.7 Å². The maximum atomic E-state index is 13.3. The standard InChI is InChI=1S/C23H21ClN2O4S/c1-15-12-20(22(30-2)14-19(15)24)25-23(27)17-7-5-8-18(13-17)31(28,29)26-11-10-16-6-3-4-9-21(16)26/h3-9,12-14H,10-11H2,1-2H3,(H,25,27). The minimum Gasteiger partial charge on any atom is -0.495 e. The molecule has 1 aliphatic heterocycles. The van der Waals surface area contributed by atoms with E-state index < -0.39 is 15.9 Å². The Kier molecular flexibility index (Phi) is 5.64. The number of halogens is 1. The summed E-state index contributed by atoms with van der Waals surface area (Å²) in [6, 6.07) is 16.8. The van der Waals surface area contributed by atoms with Crippen molar-refractivity contribution in [2.24, 2.45) is 0 Å². The Balaban J connectivity index is 1.63. The van der Waals surface area contributed by atoms with Crippen LogP contribution in [0.15, 0.2) is 65.6 Å². The minimum absolute atomic E-state index is 0.0658. The number of para-hydroxylation sites is 1. The average molecular weight is 457 g/mol. The molecule has 0 radical (unpaired) electrons. The molecule has 0 bridgehead atoms. The van der Waals surface area contributed by atoms with E-state index in [4.69, 9.17) is 16.3 Å². The fourth-order valence-electron chi connectivity index (χ4n) is 3.61. The Bertz CT molecular complexity index is 1270. The van der Waals surface area contributed by atoms with Crippen molar-refractivity contribution < 1.29 is 17.9 Å². The van der Waals surface area contributed by atoms with Crippen molar-refractivity contribution in [1.29, 1.82) is 0 Å². The van der Waals surface area contributed by atoms with Gasteiger partial charge in [0.1, 0.15) is 5.75 Å². The number of nitrogens with one attached hydrogen (secondary N) is 1. The van der Waals surface area contributed by atoms with Crippen LogP contribution < -0.4 is 14.4 Å². The number of hydrogen-bond donors (Lipinski definition) is 1. The lowest BCUT2D eigenvalue weighted by Gasteiger charge is -2.20. The molecule has 4 rings (SSSR count). The maximum Gasteiger partial charge on any atom is 0.264 e. The van der Waals surface area contributed by atoms with E-state index in [1.807, 2.05) is 25.1 Å². The summed E-state index contributed by atoms with van der Waals surface area (Å²) in [4.78, 5) is 12.9. The Hall–Kier alpha value is -3.03. The van der Waals surface area contributed by atoms with E-state index in [0.717, 1.165) is 11.1 Å². The number of rotatable bonds is 5. The van der Waals surface area contributed by atoms with E-state index >= 15 is 0 Å². The number of nitrogens with zero attached hydrogens (tertiary/aromatic N) is 1. The molecule has 0 aliphatic carbocycles. The van der Waals surface area contributed by atoms with Gasteiger partial charge in [-0.05, 0) is 54.8 Å². The molecule has 0 unspecified atom stereocenters. The van der Waals surface area contributed by atoms with Crippen LogP contribution in [0.25, 0.3) is 0 Å². The van der Waals surface area contributed by atoms with Crippen molar-refractivity contribution >= 4 is 38.9 Å². The molecule has 0 saturated heterocycles. The van der Waals surface area contributed by atoms with Crippen molar-refractivity contribution in [3.05, 3.63) is 82.4 Å². The monoisotopic (exact) mass is 456 g/mol. The number of anilines is 2. The number of fused-ring (bicyclic) bond motifs is 1. The predicted molar refractivity (Wildman–Crippen MR) is 122 cm³/mol. The average Bonchev–Trinajstić information content (AvgIpc) is 3.21. The quantitative estimate of drug-likeness (QED) is 0.605. The SMILES string of the molecule is COc1cc(Cl)c(C)cc1NC(=O)c1cccc(S(=O)(=O)N2CCc3ccccc32)c1. The van der Waals surface area contributed by atoms with Crippen LogP contribution in [0.1, 0.15) is 21.5 Å². The van der Waals surface area contributed by atoms with Crippen LogP contribution in [0.4, 0.5) is 11.4 Å². The van der Waals surface area contributed by atoms with Gasteiger partial charge in [-0.1, -0.05) is 35.9 Å². The molecule has 6 nitrogen and oxygen atoms in total. The van der Waals surface area contributed by atoms with Crippen molar-refractivity contribution in [3.8, 4) is 5.75 Å². The van der Waals surface area contributed by atoms with Gasteiger partial charge in [-0.25, -0.2) is 8.42 Å². The molecular formula is C23H21ClN2O4S. The van der Waals surface area contributed by atoms with Crippen molar-refractivity contribution in [3.63, 3.8) is 0 Å². The lowest BCUT2D eigenvalue weighted by Crippen LogP contribution is -2.29. The highest BCUT2D eigenvalue weighted by Crippen LogP contribution is 2.34. The van der Waals surface area contributed by atoms with Crippen LogP contribution in [-0.4, -0.2) is 28.0 Å². The first-order chi connectivity index (χ1) is 14.8. The van der Waals surface area contributed by atoms with Crippen LogP contribution in [-0.2, 0) is 16.4 Å². The molecule has 1 aliphatic rings. The molecule has 0 atom stereocenters. The number of amides is 1. The fourth-order valence-corrected chi connectivity index (χ4v) is 5.31. The van der Waals surface area contributed by atoms with Crippen molar-refractivity contribution in [2.45, 2.75) is 18.2 Å². The minimum atomic E-state index is -3.79. The van der Waals surface area contributed by atoms with Gasteiger partial charge in [0.25, 0.3) is 15.9 Å². The number of methoxy groups -OCH3 is 1. The Morgan fingerprint density at radius 1 is 1.10 bits per heavy atom. The fraction of sp³-hybridized carbons (Fsp3) is 0.174. The van der Waals surface area contributed by atoms with E-state index in [1.54, 1.807) is 30.3 Å². The second-order valence-electron chi connectivity index (χ2n) is 7.24. The van der Waals surface area contributed by atoms with Gasteiger partial charge in [0.05, 0.1) is 23.4 Å². The summed E-state index contributed by atoms with van der Waals surface area (Å²) in [6.07, 6.45) is 0.658. The third-order valence-electron chi connectivity index (χ3n) is 5.26. The molecule has 160 valence electrons. The molecule has 0 aromatic heterocycles. The van der Waals surface area contributed by atoms with E-state index in [2.05, 4.69) is 5.32 Å². The number of aryl methyl sites for hydroxylation is 1. The third-order valence-corrected chi connectivity index (χ3v) is 7.47. The van der Waals surface area contributed by atoms with Gasteiger partial charge < -0.3 is 10.1 Å². The predicted octanol–water partition coefficient (Wildman–Crippen LogP) is 4.66. The third kappa shape index (κ3) is 3.98. The summed E-state index contributed by atoms with van der Waals surface area (Å²) >= 11 is 6.12. The first-order valence-electron chi connectivity index (χ1n) is 9.67. The van der Waals surface area contributed by atoms with Crippen LogP contribution in [0, 0.1) is 6.92 Å². The number of sulfonamides is 1. The van der Waals surface area contributed by atoms with Crippen molar-refractivity contribution in [1.82, 2.24) is 0 Å². The van der Waals surface area contributed by atoms with E-state index in [-0.39, 0.29) is 10.5 Å². The molecule has 1 amide bonds. The number of carbonyl (C=O) groups is 1. The highest BCUT2D eigenvalue weighted by molar-refractivity contribution is 7.92. The van der Waals surface area contributed by atoms with Crippen LogP contribution in [0.3, 0.4) is 0 Å². The maximum absolute atomic E-state index is 13.3. The van der Waals surface area contributed by atoms with E-state index in [9.17, 15) is 13.2 Å². The molecule has 8 heteroatoms. The summed E-state index contributed by atoms with van der Waals surface area (Å²) in [5.74, 6) is -0.0275. The first-order valence-corrected chi connectivity index (χ1v) is 11.5. The number of benzene rings is 3. The zero-order chi connectivity index (χ0) is 22.2. The lowest BCUT2D eigenvalue weighted by atomic mass is 10.1. The van der Waals surface area contributed by atoms with E-state index in [0.29, 0.717) is 35.1 Å². The molecule has 31 heavy (non-hydrogen) atoms. The molecular weight excluding hydrogens is 436 g/mol. The Morgan fingerprint density at radius 3 is 2.65 bits per heavy atom. The zero-order valence-electron chi connectivity index (χ0n) is 17.1. The number of carbonyl (C=O) groups excluding carboxylic acids is 1. The Morgan fingerprint density at radius 2 is 1.87 bits per heavy atom. The largest absolute Gasteiger partial charge is 0.495 e. The van der Waals surface area contributed by atoms with Gasteiger partial charge in [0.15, 0.2) is 0 Å². The normalized spacial score (nSPS) is 13.1. The van der Waals surface area contributed by atoms with Gasteiger partial charge in [-0.15, -0.1) is 0 Å². The van der Waals surface area contributed by atoms with Crippen LogP contribution in [0.5, 0.6) is 5.75 Å². The van der Waals surface area contributed by atoms with Gasteiger partial charge in [-0.2, -0.15) is 0 Å². The second kappa shape index (κ2) is 8.24. The summed E-state index contributed by atoms with van der Waals surface area (Å²) in [5, 5.41) is 3.30. The van der Waals surface area contributed by atoms with Gasteiger partial charge in [-0.3, -0.25) is 9.10 Å². The Labute approximate surface area is 186 Å². The number of ether oxygens (including phenoxy) is 1. The molecule has 0 spiro atoms. The molecule has 1 heterocycles. The zero-order valence-corrected chi connectivity index (χ0v) is 18.6. The summed E-state index contributed by atoms with van der Waals surface area (Å²) < 4.78 is 33.2. The van der Waals surface area contributed by atoms with E-state index in [1.165, 1.54) is 23.5 Å². The summed E-state index contributed by atoms with van der Waals surface area (Å²) in [6.45, 7) is 2.19. The lowest BCUT2D eigenvalue weighted by molar-refractivity contribution is 0.102. The van der Waals surface area contributed by atoms with Crippen LogP contribution in [0.2, 0.25) is 5.02 Å². The van der Waals surface area contributed by atoms with Gasteiger partial charge >= 0.3 is 0 Å². The van der Waals surface area contributed by atoms with Crippen molar-refractivity contribution in [2.75, 3.05) is 23.3 Å². The first kappa shape index (κ1) is 21.2. The molecule has 0 fully saturated rings. The molecule has 1 N–H and O–H groups in total.